The van der Waals surface area contributed by atoms with Gasteiger partial charge in [0.05, 0.1) is 12.5 Å². The topological polar surface area (TPSA) is 66.9 Å². The van der Waals surface area contributed by atoms with Crippen molar-refractivity contribution in [2.75, 3.05) is 26.7 Å². The number of halogens is 1. The summed E-state index contributed by atoms with van der Waals surface area (Å²) in [5.74, 6) is -1.56. The van der Waals surface area contributed by atoms with Crippen molar-refractivity contribution < 1.29 is 23.5 Å². The van der Waals surface area contributed by atoms with Gasteiger partial charge in [0, 0.05) is 30.6 Å². The second-order valence-corrected chi connectivity index (χ2v) is 8.04. The van der Waals surface area contributed by atoms with Crippen molar-refractivity contribution >= 4 is 29.1 Å². The van der Waals surface area contributed by atoms with E-state index in [9.17, 15) is 18.8 Å². The summed E-state index contributed by atoms with van der Waals surface area (Å²) in [5.41, 5.74) is 0.423. The molecule has 0 aliphatic carbocycles. The van der Waals surface area contributed by atoms with E-state index in [2.05, 4.69) is 0 Å². The van der Waals surface area contributed by atoms with Gasteiger partial charge in [-0.25, -0.2) is 4.39 Å². The minimum Gasteiger partial charge on any atom is -0.455 e. The molecule has 6 nitrogen and oxygen atoms in total. The van der Waals surface area contributed by atoms with Crippen LogP contribution in [0.4, 0.5) is 4.39 Å². The number of hydrogen-bond acceptors (Lipinski definition) is 5. The van der Waals surface area contributed by atoms with Gasteiger partial charge in [-0.15, -0.1) is 11.3 Å². The summed E-state index contributed by atoms with van der Waals surface area (Å²) in [4.78, 5) is 41.1. The lowest BCUT2D eigenvalue weighted by Gasteiger charge is -2.31. The summed E-state index contributed by atoms with van der Waals surface area (Å²) < 4.78 is 18.2. The van der Waals surface area contributed by atoms with Crippen LogP contribution in [0.5, 0.6) is 0 Å². The summed E-state index contributed by atoms with van der Waals surface area (Å²) in [6.07, 6.45) is 0.954. The molecule has 0 atom stereocenters. The molecule has 1 aromatic heterocycles. The highest BCUT2D eigenvalue weighted by molar-refractivity contribution is 7.09. The lowest BCUT2D eigenvalue weighted by Crippen LogP contribution is -2.41. The molecule has 1 aliphatic rings. The molecule has 0 saturated carbocycles. The van der Waals surface area contributed by atoms with E-state index in [0.29, 0.717) is 38.0 Å². The molecule has 0 unspecified atom stereocenters. The van der Waals surface area contributed by atoms with Crippen molar-refractivity contribution in [3.05, 3.63) is 58.0 Å². The molecule has 0 radical (unpaired) electrons. The Hall–Kier alpha value is -2.74. The molecule has 2 amide bonds. The third-order valence-electron chi connectivity index (χ3n) is 4.94. The zero-order chi connectivity index (χ0) is 20.8. The van der Waals surface area contributed by atoms with Crippen LogP contribution in [-0.4, -0.2) is 54.3 Å². The zero-order valence-corrected chi connectivity index (χ0v) is 17.0. The maximum Gasteiger partial charge on any atom is 0.309 e. The number of thiophene rings is 1. The highest BCUT2D eigenvalue weighted by atomic mass is 32.1. The Balaban J connectivity index is 1.42. The van der Waals surface area contributed by atoms with Crippen LogP contribution >= 0.6 is 11.3 Å². The number of ether oxygens (including phenoxy) is 1. The Kier molecular flexibility index (Phi) is 6.98. The molecule has 1 saturated heterocycles. The summed E-state index contributed by atoms with van der Waals surface area (Å²) in [6.45, 7) is 1.04. The number of esters is 1. The van der Waals surface area contributed by atoms with Gasteiger partial charge in [-0.2, -0.15) is 0 Å². The Morgan fingerprint density at radius 2 is 1.86 bits per heavy atom. The quantitative estimate of drug-likeness (QED) is 0.677. The number of nitrogens with zero attached hydrogens (tertiary/aromatic N) is 2. The van der Waals surface area contributed by atoms with Gasteiger partial charge in [-0.05, 0) is 48.6 Å². The van der Waals surface area contributed by atoms with Gasteiger partial charge in [-0.1, -0.05) is 6.07 Å². The normalized spacial score (nSPS) is 14.5. The molecule has 1 fully saturated rings. The number of likely N-dealkylation sites (tertiary alicyclic amines) is 1. The van der Waals surface area contributed by atoms with Crippen LogP contribution in [0, 0.1) is 11.7 Å². The SMILES string of the molecule is CN(Cc1cccs1)C(=O)COC(=O)C1CCN(C(=O)c2ccc(F)cc2)CC1. The summed E-state index contributed by atoms with van der Waals surface area (Å²) >= 11 is 1.56. The van der Waals surface area contributed by atoms with Gasteiger partial charge in [0.25, 0.3) is 11.8 Å². The summed E-state index contributed by atoms with van der Waals surface area (Å²) in [6, 6.07) is 9.29. The van der Waals surface area contributed by atoms with E-state index in [0.717, 1.165) is 4.88 Å². The maximum atomic E-state index is 13.0. The number of hydrogen-bond donors (Lipinski definition) is 0. The second-order valence-electron chi connectivity index (χ2n) is 7.01. The number of benzene rings is 1. The summed E-state index contributed by atoms with van der Waals surface area (Å²) in [7, 11) is 1.68. The lowest BCUT2D eigenvalue weighted by atomic mass is 9.96. The minimum atomic E-state index is -0.406. The van der Waals surface area contributed by atoms with Crippen LogP contribution in [0.1, 0.15) is 28.1 Å². The second kappa shape index (κ2) is 9.65. The number of rotatable bonds is 6. The smallest absolute Gasteiger partial charge is 0.309 e. The average Bonchev–Trinajstić information content (AvgIpc) is 3.25. The van der Waals surface area contributed by atoms with Crippen LogP contribution in [0.15, 0.2) is 41.8 Å². The van der Waals surface area contributed by atoms with Crippen LogP contribution in [0.25, 0.3) is 0 Å². The van der Waals surface area contributed by atoms with E-state index in [-0.39, 0.29) is 24.3 Å². The Labute approximate surface area is 172 Å². The Morgan fingerprint density at radius 1 is 1.17 bits per heavy atom. The fraction of sp³-hybridized carbons (Fsp3) is 0.381. The molecule has 2 aromatic rings. The number of piperidine rings is 1. The van der Waals surface area contributed by atoms with Gasteiger partial charge in [0.1, 0.15) is 5.82 Å². The van der Waals surface area contributed by atoms with Gasteiger partial charge in [-0.3, -0.25) is 14.4 Å². The van der Waals surface area contributed by atoms with Crippen molar-refractivity contribution in [2.24, 2.45) is 5.92 Å². The van der Waals surface area contributed by atoms with Crippen LogP contribution in [-0.2, 0) is 20.9 Å². The van der Waals surface area contributed by atoms with Crippen molar-refractivity contribution in [3.63, 3.8) is 0 Å². The molecule has 1 aromatic carbocycles. The predicted octanol–water partition coefficient (Wildman–Crippen LogP) is 2.94. The first kappa shape index (κ1) is 21.0. The van der Waals surface area contributed by atoms with Crippen LogP contribution in [0.2, 0.25) is 0 Å². The number of carbonyl (C=O) groups is 3. The van der Waals surface area contributed by atoms with E-state index >= 15 is 0 Å². The molecule has 154 valence electrons. The van der Waals surface area contributed by atoms with Crippen molar-refractivity contribution in [1.29, 1.82) is 0 Å². The Bertz CT molecular complexity index is 846. The average molecular weight is 418 g/mol. The molecule has 29 heavy (non-hydrogen) atoms. The van der Waals surface area contributed by atoms with E-state index in [4.69, 9.17) is 4.74 Å². The fourth-order valence-electron chi connectivity index (χ4n) is 3.18. The fourth-order valence-corrected chi connectivity index (χ4v) is 3.94. The maximum absolute atomic E-state index is 13.0. The molecule has 0 bridgehead atoms. The van der Waals surface area contributed by atoms with Crippen LogP contribution in [0.3, 0.4) is 0 Å². The van der Waals surface area contributed by atoms with Gasteiger partial charge < -0.3 is 14.5 Å². The van der Waals surface area contributed by atoms with Gasteiger partial charge in [0.15, 0.2) is 6.61 Å². The largest absolute Gasteiger partial charge is 0.455 e. The van der Waals surface area contributed by atoms with E-state index < -0.39 is 11.8 Å². The summed E-state index contributed by atoms with van der Waals surface area (Å²) in [5, 5.41) is 1.95. The Morgan fingerprint density at radius 3 is 2.48 bits per heavy atom. The van der Waals surface area contributed by atoms with Gasteiger partial charge >= 0.3 is 5.97 Å². The molecule has 3 rings (SSSR count). The third-order valence-corrected chi connectivity index (χ3v) is 5.80. The first-order valence-electron chi connectivity index (χ1n) is 9.42. The van der Waals surface area contributed by atoms with Crippen molar-refractivity contribution in [2.45, 2.75) is 19.4 Å². The molecule has 2 heterocycles. The van der Waals surface area contributed by atoms with Crippen molar-refractivity contribution in [3.8, 4) is 0 Å². The molecular weight excluding hydrogens is 395 g/mol. The monoisotopic (exact) mass is 418 g/mol. The van der Waals surface area contributed by atoms with Crippen LogP contribution < -0.4 is 0 Å². The van der Waals surface area contributed by atoms with E-state index in [1.165, 1.54) is 29.2 Å². The zero-order valence-electron chi connectivity index (χ0n) is 16.2. The van der Waals surface area contributed by atoms with E-state index in [1.54, 1.807) is 23.3 Å². The first-order valence-corrected chi connectivity index (χ1v) is 10.3. The standard InChI is InChI=1S/C21H23FN2O4S/c1-23(13-18-3-2-12-29-18)19(25)14-28-21(27)16-8-10-24(11-9-16)20(26)15-4-6-17(22)7-5-15/h2-7,12,16H,8-11,13-14H2,1H3. The molecule has 8 heteroatoms. The third kappa shape index (κ3) is 5.63. The number of amides is 2. The van der Waals surface area contributed by atoms with E-state index in [1.807, 2.05) is 17.5 Å². The molecule has 1 aliphatic heterocycles. The lowest BCUT2D eigenvalue weighted by molar-refractivity contribution is -0.156. The molecule has 0 spiro atoms. The first-order chi connectivity index (χ1) is 13.9. The highest BCUT2D eigenvalue weighted by Crippen LogP contribution is 2.21. The van der Waals surface area contributed by atoms with Crippen molar-refractivity contribution in [1.82, 2.24) is 9.80 Å². The minimum absolute atomic E-state index is 0.179. The number of carbonyl (C=O) groups excluding carboxylic acids is 3. The number of likely N-dealkylation sites (N-methyl/N-ethyl adjacent to an activating group) is 1. The highest BCUT2D eigenvalue weighted by Gasteiger charge is 2.29. The predicted molar refractivity (Wildman–Crippen MR) is 107 cm³/mol. The molecule has 0 N–H and O–H groups in total. The molecular formula is C21H23FN2O4S. The van der Waals surface area contributed by atoms with Gasteiger partial charge in [0.2, 0.25) is 0 Å².